The lowest BCUT2D eigenvalue weighted by Gasteiger charge is -2.22. The third kappa shape index (κ3) is 3.47. The normalized spacial score (nSPS) is 11.4. The maximum absolute atomic E-state index is 11.5. The van der Waals surface area contributed by atoms with Crippen LogP contribution in [0.3, 0.4) is 0 Å². The van der Waals surface area contributed by atoms with E-state index in [-0.39, 0.29) is 10.6 Å². The van der Waals surface area contributed by atoms with Crippen molar-refractivity contribution < 1.29 is 8.42 Å². The van der Waals surface area contributed by atoms with Gasteiger partial charge in [0.05, 0.1) is 11.4 Å². The van der Waals surface area contributed by atoms with Gasteiger partial charge in [-0.15, -0.1) is 0 Å². The number of anilines is 2. The quantitative estimate of drug-likeness (QED) is 0.843. The Morgan fingerprint density at radius 3 is 2.43 bits per heavy atom. The fourth-order valence-corrected chi connectivity index (χ4v) is 2.96. The molecule has 0 bridgehead atoms. The minimum Gasteiger partial charge on any atom is -0.396 e. The highest BCUT2D eigenvalue weighted by Crippen LogP contribution is 2.30. The van der Waals surface area contributed by atoms with Gasteiger partial charge in [-0.1, -0.05) is 35.9 Å². The molecule has 0 aliphatic carbocycles. The van der Waals surface area contributed by atoms with Gasteiger partial charge in [0.15, 0.2) is 0 Å². The van der Waals surface area contributed by atoms with Crippen molar-refractivity contribution in [1.82, 2.24) is 0 Å². The lowest BCUT2D eigenvalue weighted by Crippen LogP contribution is -2.20. The van der Waals surface area contributed by atoms with Crippen LogP contribution in [0.1, 0.15) is 5.56 Å². The van der Waals surface area contributed by atoms with Crippen LogP contribution in [-0.4, -0.2) is 15.5 Å². The summed E-state index contributed by atoms with van der Waals surface area (Å²) in [5.74, 6) is 0. The Bertz CT molecular complexity index is 763. The zero-order valence-corrected chi connectivity index (χ0v) is 13.0. The number of nitrogens with two attached hydrogens (primary N) is 2. The highest BCUT2D eigenvalue weighted by Gasteiger charge is 2.17. The first-order chi connectivity index (χ1) is 9.80. The van der Waals surface area contributed by atoms with E-state index in [1.165, 1.54) is 6.07 Å². The van der Waals surface area contributed by atoms with Crippen molar-refractivity contribution in [3.05, 3.63) is 53.1 Å². The van der Waals surface area contributed by atoms with Crippen molar-refractivity contribution >= 4 is 33.0 Å². The van der Waals surface area contributed by atoms with E-state index in [4.69, 9.17) is 22.5 Å². The number of sulfonamides is 1. The molecule has 0 heterocycles. The molecule has 0 saturated heterocycles. The van der Waals surface area contributed by atoms with E-state index in [0.29, 0.717) is 17.3 Å². The predicted octanol–water partition coefficient (Wildman–Crippen LogP) is 2.21. The van der Waals surface area contributed by atoms with Crippen LogP contribution in [0.4, 0.5) is 11.4 Å². The summed E-state index contributed by atoms with van der Waals surface area (Å²) in [5.41, 5.74) is 7.57. The Kier molecular flexibility index (Phi) is 4.41. The summed E-state index contributed by atoms with van der Waals surface area (Å²) >= 11 is 6.13. The molecule has 0 amide bonds. The average Bonchev–Trinajstić information content (AvgIpc) is 2.40. The van der Waals surface area contributed by atoms with Gasteiger partial charge in [-0.05, 0) is 23.8 Å². The molecule has 0 aliphatic rings. The molecule has 0 spiro atoms. The Hall–Kier alpha value is -1.76. The van der Waals surface area contributed by atoms with E-state index in [0.717, 1.165) is 5.56 Å². The average molecular weight is 326 g/mol. The highest BCUT2D eigenvalue weighted by atomic mass is 35.5. The van der Waals surface area contributed by atoms with E-state index in [2.05, 4.69) is 0 Å². The van der Waals surface area contributed by atoms with E-state index < -0.39 is 10.0 Å². The molecule has 0 unspecified atom stereocenters. The van der Waals surface area contributed by atoms with Gasteiger partial charge in [0.2, 0.25) is 10.0 Å². The number of hydrogen-bond acceptors (Lipinski definition) is 4. The summed E-state index contributed by atoms with van der Waals surface area (Å²) < 4.78 is 23.0. The standard InChI is InChI=1S/C14H16ClN3O2S/c1-18(9-10-5-2-3-6-11(10)15)12-7-4-8-13(14(12)16)21(17,19)20/h2-8H,9,16H2,1H3,(H2,17,19,20). The van der Waals surface area contributed by atoms with Crippen molar-refractivity contribution in [2.24, 2.45) is 5.14 Å². The minimum atomic E-state index is -3.85. The first kappa shape index (κ1) is 15.6. The largest absolute Gasteiger partial charge is 0.396 e. The van der Waals surface area contributed by atoms with Crippen molar-refractivity contribution in [2.75, 3.05) is 17.7 Å². The molecule has 0 aliphatic heterocycles. The second-order valence-corrected chi connectivity index (χ2v) is 6.62. The van der Waals surface area contributed by atoms with E-state index in [9.17, 15) is 8.42 Å². The Labute approximate surface area is 129 Å². The molecule has 0 atom stereocenters. The number of nitrogens with zero attached hydrogens (tertiary/aromatic N) is 1. The molecule has 7 heteroatoms. The Balaban J connectivity index is 2.37. The Morgan fingerprint density at radius 1 is 1.14 bits per heavy atom. The van der Waals surface area contributed by atoms with Crippen molar-refractivity contribution in [3.63, 3.8) is 0 Å². The molecule has 2 aromatic rings. The molecule has 0 fully saturated rings. The van der Waals surface area contributed by atoms with E-state index >= 15 is 0 Å². The van der Waals surface area contributed by atoms with Gasteiger partial charge >= 0.3 is 0 Å². The van der Waals surface area contributed by atoms with Gasteiger partial charge in [-0.2, -0.15) is 0 Å². The van der Waals surface area contributed by atoms with Gasteiger partial charge in [-0.25, -0.2) is 13.6 Å². The fraction of sp³-hybridized carbons (Fsp3) is 0.143. The van der Waals surface area contributed by atoms with Crippen LogP contribution < -0.4 is 15.8 Å². The first-order valence-corrected chi connectivity index (χ1v) is 8.09. The van der Waals surface area contributed by atoms with Gasteiger partial charge in [0.1, 0.15) is 4.90 Å². The number of primary sulfonamides is 1. The van der Waals surface area contributed by atoms with Crippen LogP contribution in [0.15, 0.2) is 47.4 Å². The summed E-state index contributed by atoms with van der Waals surface area (Å²) in [4.78, 5) is 1.75. The number of nitrogen functional groups attached to an aromatic ring is 1. The van der Waals surface area contributed by atoms with E-state index in [1.807, 2.05) is 30.1 Å². The number of rotatable bonds is 4. The molecule has 4 N–H and O–H groups in total. The second-order valence-electron chi connectivity index (χ2n) is 4.68. The molecule has 0 aromatic heterocycles. The monoisotopic (exact) mass is 325 g/mol. The van der Waals surface area contributed by atoms with Gasteiger partial charge < -0.3 is 10.6 Å². The van der Waals surface area contributed by atoms with Crippen LogP contribution in [0, 0.1) is 0 Å². The number of halogens is 1. The molecular weight excluding hydrogens is 310 g/mol. The molecular formula is C14H16ClN3O2S. The first-order valence-electron chi connectivity index (χ1n) is 6.16. The maximum Gasteiger partial charge on any atom is 0.240 e. The van der Waals surface area contributed by atoms with Gasteiger partial charge in [0, 0.05) is 18.6 Å². The van der Waals surface area contributed by atoms with Crippen LogP contribution in [-0.2, 0) is 16.6 Å². The molecule has 5 nitrogen and oxygen atoms in total. The smallest absolute Gasteiger partial charge is 0.240 e. The molecule has 0 radical (unpaired) electrons. The summed E-state index contributed by atoms with van der Waals surface area (Å²) in [7, 11) is -2.04. The van der Waals surface area contributed by atoms with Crippen molar-refractivity contribution in [1.29, 1.82) is 0 Å². The highest BCUT2D eigenvalue weighted by molar-refractivity contribution is 7.89. The van der Waals surface area contributed by atoms with Gasteiger partial charge in [-0.3, -0.25) is 0 Å². The fourth-order valence-electron chi connectivity index (χ4n) is 2.08. The minimum absolute atomic E-state index is 0.0778. The zero-order valence-electron chi connectivity index (χ0n) is 11.5. The lowest BCUT2D eigenvalue weighted by atomic mass is 10.2. The number of benzene rings is 2. The third-order valence-electron chi connectivity index (χ3n) is 3.13. The summed E-state index contributed by atoms with van der Waals surface area (Å²) in [5, 5.41) is 5.80. The number of hydrogen-bond donors (Lipinski definition) is 2. The zero-order chi connectivity index (χ0) is 15.6. The number of para-hydroxylation sites is 1. The van der Waals surface area contributed by atoms with Crippen LogP contribution in [0.25, 0.3) is 0 Å². The van der Waals surface area contributed by atoms with Crippen molar-refractivity contribution in [2.45, 2.75) is 11.4 Å². The van der Waals surface area contributed by atoms with Crippen LogP contribution in [0.2, 0.25) is 5.02 Å². The molecule has 0 saturated carbocycles. The van der Waals surface area contributed by atoms with Crippen LogP contribution >= 0.6 is 11.6 Å². The molecule has 21 heavy (non-hydrogen) atoms. The van der Waals surface area contributed by atoms with Gasteiger partial charge in [0.25, 0.3) is 0 Å². The molecule has 112 valence electrons. The second kappa shape index (κ2) is 5.93. The predicted molar refractivity (Wildman–Crippen MR) is 85.8 cm³/mol. The SMILES string of the molecule is CN(Cc1ccccc1Cl)c1cccc(S(N)(=O)=O)c1N. The summed E-state index contributed by atoms with van der Waals surface area (Å²) in [6, 6.07) is 12.2. The molecule has 2 rings (SSSR count). The van der Waals surface area contributed by atoms with Crippen LogP contribution in [0.5, 0.6) is 0 Å². The molecule has 2 aromatic carbocycles. The van der Waals surface area contributed by atoms with Crippen molar-refractivity contribution in [3.8, 4) is 0 Å². The Morgan fingerprint density at radius 2 is 1.81 bits per heavy atom. The maximum atomic E-state index is 11.5. The van der Waals surface area contributed by atoms with E-state index in [1.54, 1.807) is 18.2 Å². The topological polar surface area (TPSA) is 89.4 Å². The summed E-state index contributed by atoms with van der Waals surface area (Å²) in [6.45, 7) is 0.498. The summed E-state index contributed by atoms with van der Waals surface area (Å²) in [6.07, 6.45) is 0. The third-order valence-corrected chi connectivity index (χ3v) is 4.46. The lowest BCUT2D eigenvalue weighted by molar-refractivity contribution is 0.598.